The van der Waals surface area contributed by atoms with Crippen LogP contribution in [0.25, 0.3) is 0 Å². The Labute approximate surface area is 291 Å². The lowest BCUT2D eigenvalue weighted by atomic mass is 9.98. The summed E-state index contributed by atoms with van der Waals surface area (Å²) in [6.45, 7) is 0. The van der Waals surface area contributed by atoms with Crippen LogP contribution in [0.2, 0.25) is 0 Å². The van der Waals surface area contributed by atoms with E-state index in [-0.39, 0.29) is 72.4 Å². The minimum atomic E-state index is -0.836. The molecule has 0 saturated carbocycles. The van der Waals surface area contributed by atoms with Crippen molar-refractivity contribution >= 4 is 47.4 Å². The van der Waals surface area contributed by atoms with Crippen molar-refractivity contribution in [1.29, 1.82) is 0 Å². The highest BCUT2D eigenvalue weighted by Crippen LogP contribution is 2.25. The van der Waals surface area contributed by atoms with Crippen molar-refractivity contribution in [3.63, 3.8) is 0 Å². The Balaban J connectivity index is 0.00000271. The number of carbonyl (C=O) groups is 8. The Morgan fingerprint density at radius 3 is 1.53 bits per heavy atom. The summed E-state index contributed by atoms with van der Waals surface area (Å²) in [6.07, 6.45) is 0.357. The monoisotopic (exact) mass is 690 g/mol. The second-order valence-corrected chi connectivity index (χ2v) is 12.1. The van der Waals surface area contributed by atoms with E-state index in [1.807, 2.05) is 0 Å². The van der Waals surface area contributed by atoms with Crippen molar-refractivity contribution in [1.82, 2.24) is 20.9 Å². The van der Waals surface area contributed by atoms with Crippen LogP contribution in [-0.2, 0) is 22.4 Å². The molecule has 1 saturated heterocycles. The largest absolute Gasteiger partial charge is 0.423 e. The summed E-state index contributed by atoms with van der Waals surface area (Å²) in [5.41, 5.74) is 2.22. The molecule has 7 rings (SSSR count). The molecular weight excluding hydrogens is 660 g/mol. The summed E-state index contributed by atoms with van der Waals surface area (Å²) in [7, 11) is 1.37. The summed E-state index contributed by atoms with van der Waals surface area (Å²) in [5.74, 6) is -3.80. The number of imide groups is 2. The van der Waals surface area contributed by atoms with Gasteiger partial charge in [-0.15, -0.1) is 0 Å². The van der Waals surface area contributed by atoms with Crippen molar-refractivity contribution in [2.75, 3.05) is 7.05 Å². The van der Waals surface area contributed by atoms with Crippen LogP contribution in [0.5, 0.6) is 11.5 Å². The zero-order valence-corrected chi connectivity index (χ0v) is 26.7. The first kappa shape index (κ1) is 32.6. The molecule has 2 unspecified atom stereocenters. The number of hydrogen-bond acceptors (Lipinski definition) is 10. The standard InChI is InChI=1S/C37H26N4O10.2H2/c1-41-34(46)25-13-7-21(17-27(25)35(41)47)37(49)51-23-10-4-19(5-11-23)15-29-33(45)38-28(32(44)39-29)14-18-2-8-22(9-3-18)50-36(48)20-6-12-24-26(16-20)31(43)40-30(24)42;;/h2-13,16-17,28-29H,14-15H2,1H3,(H,38,45)(H,39,44)(H,40,42,43);2*1H. The third-order valence-corrected chi connectivity index (χ3v) is 8.71. The van der Waals surface area contributed by atoms with Gasteiger partial charge in [0.2, 0.25) is 11.8 Å². The Morgan fingerprint density at radius 1 is 0.588 bits per heavy atom. The van der Waals surface area contributed by atoms with Crippen molar-refractivity contribution in [2.24, 2.45) is 0 Å². The number of hydrogen-bond donors (Lipinski definition) is 3. The molecule has 4 aromatic carbocycles. The third-order valence-electron chi connectivity index (χ3n) is 8.71. The van der Waals surface area contributed by atoms with Crippen molar-refractivity contribution in [2.45, 2.75) is 24.9 Å². The van der Waals surface area contributed by atoms with Gasteiger partial charge in [0, 0.05) is 22.7 Å². The van der Waals surface area contributed by atoms with Gasteiger partial charge in [0.15, 0.2) is 0 Å². The summed E-state index contributed by atoms with van der Waals surface area (Å²) in [5, 5.41) is 7.67. The number of esters is 2. The lowest BCUT2D eigenvalue weighted by molar-refractivity contribution is -0.136. The molecule has 1 fully saturated rings. The van der Waals surface area contributed by atoms with E-state index in [0.717, 1.165) is 4.90 Å². The van der Waals surface area contributed by atoms with Gasteiger partial charge in [-0.05, 0) is 71.8 Å². The summed E-state index contributed by atoms with van der Waals surface area (Å²) < 4.78 is 10.8. The Bertz CT molecular complexity index is 2220. The molecule has 14 heteroatoms. The van der Waals surface area contributed by atoms with E-state index in [1.165, 1.54) is 55.6 Å². The van der Waals surface area contributed by atoms with Gasteiger partial charge in [0.05, 0.1) is 33.4 Å². The number of fused-ring (bicyclic) bond motifs is 2. The smallest absolute Gasteiger partial charge is 0.343 e. The van der Waals surface area contributed by atoms with Crippen LogP contribution >= 0.6 is 0 Å². The molecular formula is C37H30N4O10. The van der Waals surface area contributed by atoms with Crippen LogP contribution in [0.3, 0.4) is 0 Å². The zero-order chi connectivity index (χ0) is 36.0. The predicted octanol–water partition coefficient (Wildman–Crippen LogP) is 2.49. The molecule has 3 aliphatic rings. The van der Waals surface area contributed by atoms with E-state index in [1.54, 1.807) is 36.4 Å². The minimum Gasteiger partial charge on any atom is -0.423 e. The van der Waals surface area contributed by atoms with Gasteiger partial charge in [-0.25, -0.2) is 9.59 Å². The Hall–Kier alpha value is -6.96. The molecule has 0 aliphatic carbocycles. The number of rotatable bonds is 8. The molecule has 3 N–H and O–H groups in total. The van der Waals surface area contributed by atoms with Crippen LogP contribution in [0, 0.1) is 0 Å². The maximum absolute atomic E-state index is 12.9. The molecule has 0 aromatic heterocycles. The van der Waals surface area contributed by atoms with E-state index in [0.29, 0.717) is 11.1 Å². The van der Waals surface area contributed by atoms with Crippen LogP contribution in [0.1, 0.15) is 76.1 Å². The van der Waals surface area contributed by atoms with Crippen molar-refractivity contribution < 1.29 is 50.7 Å². The second-order valence-electron chi connectivity index (χ2n) is 12.1. The number of amides is 6. The van der Waals surface area contributed by atoms with Crippen LogP contribution in [-0.4, -0.2) is 71.4 Å². The van der Waals surface area contributed by atoms with Crippen LogP contribution < -0.4 is 25.4 Å². The molecule has 14 nitrogen and oxygen atoms in total. The highest BCUT2D eigenvalue weighted by Gasteiger charge is 2.35. The molecule has 2 atom stereocenters. The fourth-order valence-corrected chi connectivity index (χ4v) is 5.94. The molecule has 258 valence electrons. The zero-order valence-electron chi connectivity index (χ0n) is 26.7. The average Bonchev–Trinajstić information content (AvgIpc) is 3.53. The molecule has 3 heterocycles. The highest BCUT2D eigenvalue weighted by atomic mass is 16.5. The minimum absolute atomic E-state index is 0. The van der Waals surface area contributed by atoms with Crippen molar-refractivity contribution in [3.05, 3.63) is 129 Å². The van der Waals surface area contributed by atoms with Gasteiger partial charge in [-0.1, -0.05) is 24.3 Å². The van der Waals surface area contributed by atoms with Crippen molar-refractivity contribution in [3.8, 4) is 11.5 Å². The van der Waals surface area contributed by atoms with Gasteiger partial charge in [-0.2, -0.15) is 0 Å². The van der Waals surface area contributed by atoms with Gasteiger partial charge in [0.1, 0.15) is 23.6 Å². The molecule has 0 radical (unpaired) electrons. The first-order valence-corrected chi connectivity index (χ1v) is 15.6. The van der Waals surface area contributed by atoms with Crippen LogP contribution in [0.4, 0.5) is 0 Å². The van der Waals surface area contributed by atoms with Gasteiger partial charge in [0.25, 0.3) is 23.6 Å². The normalized spacial score (nSPS) is 17.7. The van der Waals surface area contributed by atoms with E-state index in [2.05, 4.69) is 16.0 Å². The third kappa shape index (κ3) is 6.33. The number of nitrogens with one attached hydrogen (secondary N) is 3. The maximum Gasteiger partial charge on any atom is 0.343 e. The quantitative estimate of drug-likeness (QED) is 0.141. The number of benzene rings is 4. The molecule has 6 amide bonds. The first-order chi connectivity index (χ1) is 24.4. The number of carbonyl (C=O) groups excluding carboxylic acids is 8. The average molecular weight is 691 g/mol. The number of ether oxygens (including phenoxy) is 2. The summed E-state index contributed by atoms with van der Waals surface area (Å²) >= 11 is 0. The molecule has 0 bridgehead atoms. The van der Waals surface area contributed by atoms with E-state index in [9.17, 15) is 38.4 Å². The van der Waals surface area contributed by atoms with Gasteiger partial charge < -0.3 is 20.1 Å². The molecule has 0 spiro atoms. The number of piperazine rings is 1. The van der Waals surface area contributed by atoms with E-state index >= 15 is 0 Å². The molecule has 3 aliphatic heterocycles. The maximum atomic E-state index is 12.9. The summed E-state index contributed by atoms with van der Waals surface area (Å²) in [6, 6.07) is 19.3. The first-order valence-electron chi connectivity index (χ1n) is 15.6. The fourth-order valence-electron chi connectivity index (χ4n) is 5.94. The molecule has 4 aromatic rings. The second kappa shape index (κ2) is 12.8. The Morgan fingerprint density at radius 2 is 1.02 bits per heavy atom. The highest BCUT2D eigenvalue weighted by molar-refractivity contribution is 6.22. The lowest BCUT2D eigenvalue weighted by Crippen LogP contribution is -2.62. The fraction of sp³-hybridized carbons (Fsp3) is 0.135. The summed E-state index contributed by atoms with van der Waals surface area (Å²) in [4.78, 5) is 100. The van der Waals surface area contributed by atoms with Crippen LogP contribution in [0.15, 0.2) is 84.9 Å². The topological polar surface area (TPSA) is 194 Å². The SMILES string of the molecule is CN1C(=O)c2ccc(C(=O)Oc3ccc(CC4NC(=O)C(Cc5ccc(OC(=O)c6ccc7c(c6)C(=O)NC7=O)cc5)NC4=O)cc3)cc2C1=O.[HH].[HH]. The lowest BCUT2D eigenvalue weighted by Gasteiger charge is -2.29. The molecule has 51 heavy (non-hydrogen) atoms. The predicted molar refractivity (Wildman–Crippen MR) is 179 cm³/mol. The van der Waals surface area contributed by atoms with E-state index < -0.39 is 47.7 Å². The van der Waals surface area contributed by atoms with Gasteiger partial charge >= 0.3 is 11.9 Å². The van der Waals surface area contributed by atoms with E-state index in [4.69, 9.17) is 9.47 Å². The Kier molecular flexibility index (Phi) is 8.19. The van der Waals surface area contributed by atoms with Gasteiger partial charge in [-0.3, -0.25) is 39.0 Å². The number of nitrogens with zero attached hydrogens (tertiary/aromatic N) is 1.